The monoisotopic (exact) mass is 502 g/mol. The van der Waals surface area contributed by atoms with E-state index in [-0.39, 0.29) is 5.91 Å². The highest BCUT2D eigenvalue weighted by Gasteiger charge is 2.16. The molecule has 0 radical (unpaired) electrons. The lowest BCUT2D eigenvalue weighted by atomic mass is 9.99. The van der Waals surface area contributed by atoms with Crippen molar-refractivity contribution in [3.63, 3.8) is 0 Å². The molecule has 1 unspecified atom stereocenters. The second-order valence-corrected chi connectivity index (χ2v) is 10.2. The first-order chi connectivity index (χ1) is 15.6. The lowest BCUT2D eigenvalue weighted by Crippen LogP contribution is -2.45. The average Bonchev–Trinajstić information content (AvgIpc) is 3.32. The van der Waals surface area contributed by atoms with Gasteiger partial charge in [0.25, 0.3) is 5.91 Å². The van der Waals surface area contributed by atoms with Crippen molar-refractivity contribution in [1.82, 2.24) is 15.8 Å². The van der Waals surface area contributed by atoms with Gasteiger partial charge in [-0.15, -0.1) is 11.3 Å². The Bertz CT molecular complexity index is 1050. The van der Waals surface area contributed by atoms with Crippen LogP contribution in [0.25, 0.3) is 11.1 Å². The van der Waals surface area contributed by atoms with Crippen LogP contribution in [0.1, 0.15) is 16.8 Å². The Morgan fingerprint density at radius 1 is 1.25 bits per heavy atom. The number of rotatable bonds is 10. The van der Waals surface area contributed by atoms with Gasteiger partial charge >= 0.3 is 0 Å². The Morgan fingerprint density at radius 2 is 2.06 bits per heavy atom. The summed E-state index contributed by atoms with van der Waals surface area (Å²) >= 11 is 9.96. The molecule has 1 amide bonds. The summed E-state index contributed by atoms with van der Waals surface area (Å²) in [5.41, 5.74) is 7.70. The van der Waals surface area contributed by atoms with Crippen LogP contribution in [-0.4, -0.2) is 39.5 Å². The molecule has 166 valence electrons. The number of hydrazine groups is 1. The SMILES string of the molecule is CSCCC(C=O)NNC(=O)c1ccc(SC(=S)Nc2nccs2)cc1-c1ccccc1. The van der Waals surface area contributed by atoms with Crippen molar-refractivity contribution in [3.05, 3.63) is 65.7 Å². The van der Waals surface area contributed by atoms with Crippen LogP contribution >= 0.6 is 47.1 Å². The minimum atomic E-state index is -0.435. The number of nitrogens with zero attached hydrogens (tertiary/aromatic N) is 1. The number of amides is 1. The molecule has 3 rings (SSSR count). The van der Waals surface area contributed by atoms with Crippen molar-refractivity contribution in [1.29, 1.82) is 0 Å². The van der Waals surface area contributed by atoms with E-state index in [1.165, 1.54) is 23.1 Å². The second kappa shape index (κ2) is 12.7. The van der Waals surface area contributed by atoms with E-state index in [0.717, 1.165) is 33.2 Å². The maximum absolute atomic E-state index is 12.9. The number of anilines is 1. The lowest BCUT2D eigenvalue weighted by molar-refractivity contribution is -0.109. The van der Waals surface area contributed by atoms with E-state index in [4.69, 9.17) is 12.2 Å². The summed E-state index contributed by atoms with van der Waals surface area (Å²) in [5, 5.41) is 5.71. The molecule has 0 saturated carbocycles. The summed E-state index contributed by atoms with van der Waals surface area (Å²) in [6.07, 6.45) is 5.14. The zero-order chi connectivity index (χ0) is 22.8. The van der Waals surface area contributed by atoms with E-state index in [2.05, 4.69) is 21.2 Å². The summed E-state index contributed by atoms with van der Waals surface area (Å²) in [4.78, 5) is 29.3. The van der Waals surface area contributed by atoms with Crippen molar-refractivity contribution in [2.75, 3.05) is 17.3 Å². The van der Waals surface area contributed by atoms with Gasteiger partial charge in [-0.3, -0.25) is 10.2 Å². The molecule has 0 aliphatic heterocycles. The van der Waals surface area contributed by atoms with Gasteiger partial charge in [0.15, 0.2) is 5.13 Å². The Labute approximate surface area is 205 Å². The van der Waals surface area contributed by atoms with Gasteiger partial charge in [-0.25, -0.2) is 10.4 Å². The van der Waals surface area contributed by atoms with Crippen molar-refractivity contribution < 1.29 is 9.59 Å². The van der Waals surface area contributed by atoms with Gasteiger partial charge in [0, 0.05) is 22.0 Å². The molecule has 1 atom stereocenters. The van der Waals surface area contributed by atoms with Crippen LogP contribution in [0.15, 0.2) is 65.0 Å². The van der Waals surface area contributed by atoms with Crippen LogP contribution in [0.4, 0.5) is 5.13 Å². The summed E-state index contributed by atoms with van der Waals surface area (Å²) in [6, 6.07) is 14.8. The summed E-state index contributed by atoms with van der Waals surface area (Å²) in [6.45, 7) is 0. The van der Waals surface area contributed by atoms with Gasteiger partial charge in [0.1, 0.15) is 10.6 Å². The molecule has 32 heavy (non-hydrogen) atoms. The zero-order valence-corrected chi connectivity index (χ0v) is 20.5. The first-order valence-electron chi connectivity index (χ1n) is 9.68. The molecule has 3 N–H and O–H groups in total. The molecule has 10 heteroatoms. The standard InChI is InChI=1S/C22H22N4O2S4/c1-30-11-9-16(14-27)25-26-20(28)18-8-7-17(13-19(18)15-5-3-2-4-6-15)32-22(29)24-21-23-10-12-31-21/h2-8,10,12-14,16,25H,9,11H2,1H3,(H,26,28)(H,23,24,29). The predicted molar refractivity (Wildman–Crippen MR) is 140 cm³/mol. The fraction of sp³-hybridized carbons (Fsp3) is 0.182. The number of benzene rings is 2. The molecule has 0 fully saturated rings. The smallest absolute Gasteiger partial charge is 0.266 e. The fourth-order valence-corrected chi connectivity index (χ4v) is 5.00. The van der Waals surface area contributed by atoms with Gasteiger partial charge in [0.05, 0.1) is 6.04 Å². The van der Waals surface area contributed by atoms with Gasteiger partial charge in [0.2, 0.25) is 0 Å². The van der Waals surface area contributed by atoms with Gasteiger partial charge in [-0.1, -0.05) is 54.3 Å². The first kappa shape index (κ1) is 24.4. The molecule has 0 spiro atoms. The third-order valence-corrected chi connectivity index (χ3v) is 6.80. The lowest BCUT2D eigenvalue weighted by Gasteiger charge is -2.16. The highest BCUT2D eigenvalue weighted by molar-refractivity contribution is 8.23. The molecule has 3 aromatic rings. The second-order valence-electron chi connectivity index (χ2n) is 6.55. The van der Waals surface area contributed by atoms with E-state index < -0.39 is 6.04 Å². The first-order valence-corrected chi connectivity index (χ1v) is 13.2. The van der Waals surface area contributed by atoms with Crippen LogP contribution in [0.2, 0.25) is 0 Å². The Hall–Kier alpha value is -2.24. The van der Waals surface area contributed by atoms with E-state index in [0.29, 0.717) is 16.3 Å². The number of thiazole rings is 1. The molecule has 0 aliphatic rings. The Balaban J connectivity index is 1.78. The number of carbonyl (C=O) groups excluding carboxylic acids is 2. The number of hydrogen-bond acceptors (Lipinski definition) is 8. The number of aromatic nitrogens is 1. The average molecular weight is 503 g/mol. The molecule has 2 aromatic carbocycles. The number of thiocarbonyl (C=S) groups is 1. The summed E-state index contributed by atoms with van der Waals surface area (Å²) in [7, 11) is 0. The van der Waals surface area contributed by atoms with Crippen LogP contribution in [-0.2, 0) is 4.79 Å². The van der Waals surface area contributed by atoms with Crippen molar-refractivity contribution >= 4 is 68.7 Å². The Kier molecular flexibility index (Phi) is 9.69. The third-order valence-electron chi connectivity index (χ3n) is 4.34. The summed E-state index contributed by atoms with van der Waals surface area (Å²) < 4.78 is 0.570. The van der Waals surface area contributed by atoms with E-state index in [1.807, 2.05) is 54.1 Å². The maximum Gasteiger partial charge on any atom is 0.266 e. The number of carbonyl (C=O) groups is 2. The third kappa shape index (κ3) is 7.14. The quantitative estimate of drug-likeness (QED) is 0.157. The van der Waals surface area contributed by atoms with Crippen LogP contribution in [0, 0.1) is 0 Å². The van der Waals surface area contributed by atoms with Crippen LogP contribution in [0.3, 0.4) is 0 Å². The molecule has 0 bridgehead atoms. The number of thioether (sulfide) groups is 2. The number of aldehydes is 1. The van der Waals surface area contributed by atoms with Crippen molar-refractivity contribution in [2.45, 2.75) is 17.4 Å². The maximum atomic E-state index is 12.9. The van der Waals surface area contributed by atoms with E-state index in [1.54, 1.807) is 24.0 Å². The van der Waals surface area contributed by atoms with Crippen LogP contribution < -0.4 is 16.2 Å². The van der Waals surface area contributed by atoms with Gasteiger partial charge in [-0.2, -0.15) is 11.8 Å². The minimum Gasteiger partial charge on any atom is -0.317 e. The largest absolute Gasteiger partial charge is 0.317 e. The Morgan fingerprint density at radius 3 is 2.75 bits per heavy atom. The molecule has 6 nitrogen and oxygen atoms in total. The van der Waals surface area contributed by atoms with Crippen LogP contribution in [0.5, 0.6) is 0 Å². The number of hydrogen-bond donors (Lipinski definition) is 3. The molecule has 0 saturated heterocycles. The zero-order valence-electron chi connectivity index (χ0n) is 17.2. The molecule has 1 aromatic heterocycles. The van der Waals surface area contributed by atoms with Gasteiger partial charge < -0.3 is 10.1 Å². The molecule has 1 heterocycles. The van der Waals surface area contributed by atoms with E-state index in [9.17, 15) is 9.59 Å². The topological polar surface area (TPSA) is 83.1 Å². The van der Waals surface area contributed by atoms with Crippen molar-refractivity contribution in [2.24, 2.45) is 0 Å². The minimum absolute atomic E-state index is 0.306. The normalized spacial score (nSPS) is 11.5. The summed E-state index contributed by atoms with van der Waals surface area (Å²) in [5.74, 6) is 0.516. The highest BCUT2D eigenvalue weighted by atomic mass is 32.2. The fourth-order valence-electron chi connectivity index (χ4n) is 2.79. The molecular weight excluding hydrogens is 481 g/mol. The molecule has 0 aliphatic carbocycles. The van der Waals surface area contributed by atoms with Crippen molar-refractivity contribution in [3.8, 4) is 11.1 Å². The molecular formula is C22H22N4O2S4. The highest BCUT2D eigenvalue weighted by Crippen LogP contribution is 2.30. The predicted octanol–water partition coefficient (Wildman–Crippen LogP) is 4.85. The number of nitrogens with one attached hydrogen (secondary N) is 3. The van der Waals surface area contributed by atoms with E-state index >= 15 is 0 Å². The van der Waals surface area contributed by atoms with Gasteiger partial charge in [-0.05, 0) is 47.8 Å².